The third-order valence-electron chi connectivity index (χ3n) is 2.84. The van der Waals surface area contributed by atoms with Gasteiger partial charge in [-0.25, -0.2) is 4.39 Å². The molecule has 100 valence electrons. The average molecular weight is 324 g/mol. The second kappa shape index (κ2) is 5.72. The van der Waals surface area contributed by atoms with Crippen LogP contribution in [0.1, 0.15) is 24.1 Å². The monoisotopic (exact) mass is 323 g/mol. The number of aryl methyl sites for hydroxylation is 1. The molecule has 0 unspecified atom stereocenters. The first-order chi connectivity index (χ1) is 8.97. The molecule has 1 atom stereocenters. The maximum atomic E-state index is 13.2. The molecule has 0 bridgehead atoms. The number of ether oxygens (including phenoxy) is 1. The third-order valence-corrected chi connectivity index (χ3v) is 3.53. The van der Waals surface area contributed by atoms with Crippen molar-refractivity contribution in [1.82, 2.24) is 0 Å². The Labute approximate surface area is 120 Å². The molecule has 0 heterocycles. The molecular formula is C15H15BrFNO. The first-order valence-electron chi connectivity index (χ1n) is 5.96. The second-order valence-electron chi connectivity index (χ2n) is 4.48. The number of hydrogen-bond donors (Lipinski definition) is 1. The van der Waals surface area contributed by atoms with Gasteiger partial charge in [0.05, 0.1) is 0 Å². The summed E-state index contributed by atoms with van der Waals surface area (Å²) in [6, 6.07) is 9.99. The van der Waals surface area contributed by atoms with Crippen LogP contribution in [0.2, 0.25) is 0 Å². The van der Waals surface area contributed by atoms with Crippen molar-refractivity contribution in [2.45, 2.75) is 19.9 Å². The molecule has 0 aliphatic carbocycles. The summed E-state index contributed by atoms with van der Waals surface area (Å²) in [6.07, 6.45) is 0. The molecule has 0 saturated heterocycles. The van der Waals surface area contributed by atoms with E-state index in [0.717, 1.165) is 15.6 Å². The average Bonchev–Trinajstić information content (AvgIpc) is 2.33. The van der Waals surface area contributed by atoms with Gasteiger partial charge in [-0.1, -0.05) is 28.1 Å². The van der Waals surface area contributed by atoms with Gasteiger partial charge in [0.15, 0.2) is 0 Å². The highest BCUT2D eigenvalue weighted by atomic mass is 79.9. The quantitative estimate of drug-likeness (QED) is 0.887. The highest BCUT2D eigenvalue weighted by Gasteiger charge is 2.08. The molecule has 0 fully saturated rings. The smallest absolute Gasteiger partial charge is 0.133 e. The Kier molecular flexibility index (Phi) is 4.22. The zero-order chi connectivity index (χ0) is 14.0. The molecule has 0 spiro atoms. The Morgan fingerprint density at radius 1 is 1.21 bits per heavy atom. The summed E-state index contributed by atoms with van der Waals surface area (Å²) in [5.74, 6) is 0.845. The van der Waals surface area contributed by atoms with Crippen LogP contribution in [0, 0.1) is 12.7 Å². The number of nitrogens with two attached hydrogens (primary N) is 1. The minimum atomic E-state index is -0.313. The van der Waals surface area contributed by atoms with Gasteiger partial charge in [0.2, 0.25) is 0 Å². The molecule has 19 heavy (non-hydrogen) atoms. The van der Waals surface area contributed by atoms with Crippen LogP contribution in [0.25, 0.3) is 0 Å². The summed E-state index contributed by atoms with van der Waals surface area (Å²) in [6.45, 7) is 3.79. The highest BCUT2D eigenvalue weighted by molar-refractivity contribution is 9.10. The first kappa shape index (κ1) is 14.0. The molecule has 0 aromatic heterocycles. The SMILES string of the molecule is Cc1ccc(F)cc1Oc1ccc([C@H](C)N)c(Br)c1. The van der Waals surface area contributed by atoms with Crippen LogP contribution in [0.3, 0.4) is 0 Å². The predicted molar refractivity (Wildman–Crippen MR) is 78.0 cm³/mol. The Morgan fingerprint density at radius 3 is 2.58 bits per heavy atom. The lowest BCUT2D eigenvalue weighted by atomic mass is 10.1. The standard InChI is InChI=1S/C15H15BrFNO/c1-9-3-4-11(17)7-15(9)19-12-5-6-13(10(2)18)14(16)8-12/h3-8,10H,18H2,1-2H3/t10-/m0/s1. The van der Waals surface area contributed by atoms with Gasteiger partial charge in [0.1, 0.15) is 17.3 Å². The summed E-state index contributed by atoms with van der Waals surface area (Å²) in [5, 5.41) is 0. The van der Waals surface area contributed by atoms with Crippen molar-refractivity contribution in [3.05, 3.63) is 57.8 Å². The molecule has 2 N–H and O–H groups in total. The van der Waals surface area contributed by atoms with E-state index in [2.05, 4.69) is 15.9 Å². The van der Waals surface area contributed by atoms with Crippen LogP contribution >= 0.6 is 15.9 Å². The molecule has 0 aliphatic heterocycles. The van der Waals surface area contributed by atoms with Crippen molar-refractivity contribution >= 4 is 15.9 Å². The molecular weight excluding hydrogens is 309 g/mol. The van der Waals surface area contributed by atoms with Crippen molar-refractivity contribution in [2.24, 2.45) is 5.73 Å². The fourth-order valence-corrected chi connectivity index (χ4v) is 2.47. The van der Waals surface area contributed by atoms with E-state index in [1.807, 2.05) is 32.0 Å². The van der Waals surface area contributed by atoms with Crippen LogP contribution in [-0.2, 0) is 0 Å². The minimum Gasteiger partial charge on any atom is -0.457 e. The number of hydrogen-bond acceptors (Lipinski definition) is 2. The molecule has 0 amide bonds. The molecule has 2 rings (SSSR count). The lowest BCUT2D eigenvalue weighted by molar-refractivity contribution is 0.472. The van der Waals surface area contributed by atoms with E-state index in [4.69, 9.17) is 10.5 Å². The molecule has 4 heteroatoms. The lowest BCUT2D eigenvalue weighted by Crippen LogP contribution is -2.05. The molecule has 2 nitrogen and oxygen atoms in total. The molecule has 2 aromatic carbocycles. The van der Waals surface area contributed by atoms with Gasteiger partial charge in [-0.05, 0) is 43.2 Å². The lowest BCUT2D eigenvalue weighted by Gasteiger charge is -2.12. The molecule has 0 radical (unpaired) electrons. The van der Waals surface area contributed by atoms with E-state index < -0.39 is 0 Å². The Hall–Kier alpha value is -1.39. The zero-order valence-electron chi connectivity index (χ0n) is 10.8. The Bertz CT molecular complexity index is 599. The number of rotatable bonds is 3. The molecule has 0 saturated carbocycles. The van der Waals surface area contributed by atoms with Crippen LogP contribution in [-0.4, -0.2) is 0 Å². The van der Waals surface area contributed by atoms with Crippen molar-refractivity contribution < 1.29 is 9.13 Å². The van der Waals surface area contributed by atoms with E-state index in [1.165, 1.54) is 12.1 Å². The van der Waals surface area contributed by atoms with Crippen molar-refractivity contribution in [3.8, 4) is 11.5 Å². The van der Waals surface area contributed by atoms with Crippen LogP contribution in [0.15, 0.2) is 40.9 Å². The highest BCUT2D eigenvalue weighted by Crippen LogP contribution is 2.31. The third kappa shape index (κ3) is 3.33. The fraction of sp³-hybridized carbons (Fsp3) is 0.200. The number of benzene rings is 2. The Balaban J connectivity index is 2.29. The van der Waals surface area contributed by atoms with Gasteiger partial charge in [-0.3, -0.25) is 0 Å². The maximum Gasteiger partial charge on any atom is 0.133 e. The second-order valence-corrected chi connectivity index (χ2v) is 5.34. The number of halogens is 2. The van der Waals surface area contributed by atoms with Gasteiger partial charge in [0.25, 0.3) is 0 Å². The minimum absolute atomic E-state index is 0.0562. The van der Waals surface area contributed by atoms with Crippen LogP contribution in [0.5, 0.6) is 11.5 Å². The van der Waals surface area contributed by atoms with Gasteiger partial charge in [0, 0.05) is 16.6 Å². The largest absolute Gasteiger partial charge is 0.457 e. The summed E-state index contributed by atoms with van der Waals surface area (Å²) in [5.41, 5.74) is 7.73. The summed E-state index contributed by atoms with van der Waals surface area (Å²) in [4.78, 5) is 0. The van der Waals surface area contributed by atoms with Gasteiger partial charge in [-0.2, -0.15) is 0 Å². The molecule has 2 aromatic rings. The van der Waals surface area contributed by atoms with Gasteiger partial charge in [-0.15, -0.1) is 0 Å². The summed E-state index contributed by atoms with van der Waals surface area (Å²) in [7, 11) is 0. The Morgan fingerprint density at radius 2 is 1.95 bits per heavy atom. The molecule has 0 aliphatic rings. The normalized spacial score (nSPS) is 12.3. The van der Waals surface area contributed by atoms with Crippen molar-refractivity contribution in [2.75, 3.05) is 0 Å². The van der Waals surface area contributed by atoms with Crippen molar-refractivity contribution in [3.63, 3.8) is 0 Å². The van der Waals surface area contributed by atoms with E-state index in [1.54, 1.807) is 6.07 Å². The summed E-state index contributed by atoms with van der Waals surface area (Å²) >= 11 is 3.46. The topological polar surface area (TPSA) is 35.2 Å². The van der Waals surface area contributed by atoms with Crippen LogP contribution in [0.4, 0.5) is 4.39 Å². The van der Waals surface area contributed by atoms with Gasteiger partial charge < -0.3 is 10.5 Å². The van der Waals surface area contributed by atoms with Gasteiger partial charge >= 0.3 is 0 Å². The summed E-state index contributed by atoms with van der Waals surface area (Å²) < 4.78 is 19.8. The predicted octanol–water partition coefficient (Wildman–Crippen LogP) is 4.71. The van der Waals surface area contributed by atoms with Crippen molar-refractivity contribution in [1.29, 1.82) is 0 Å². The fourth-order valence-electron chi connectivity index (χ4n) is 1.75. The van der Waals surface area contributed by atoms with E-state index >= 15 is 0 Å². The zero-order valence-corrected chi connectivity index (χ0v) is 12.4. The first-order valence-corrected chi connectivity index (χ1v) is 6.75. The van der Waals surface area contributed by atoms with E-state index in [9.17, 15) is 4.39 Å². The maximum absolute atomic E-state index is 13.2. The van der Waals surface area contributed by atoms with Crippen LogP contribution < -0.4 is 10.5 Å². The van der Waals surface area contributed by atoms with E-state index in [0.29, 0.717) is 11.5 Å². The van der Waals surface area contributed by atoms with E-state index in [-0.39, 0.29) is 11.9 Å².